The summed E-state index contributed by atoms with van der Waals surface area (Å²) in [7, 11) is 0. The molecule has 1 fully saturated rings. The summed E-state index contributed by atoms with van der Waals surface area (Å²) in [4.78, 5) is 10.4. The molecule has 1 saturated heterocycles. The molecule has 1 aliphatic heterocycles. The average molecular weight is 151 g/mol. The molecule has 0 spiro atoms. The molecule has 1 aliphatic rings. The summed E-state index contributed by atoms with van der Waals surface area (Å²) in [5.74, 6) is -0.0602. The first-order valence-corrected chi connectivity index (χ1v) is 2.82. The molecule has 0 amide bonds. The van der Waals surface area contributed by atoms with E-state index in [2.05, 4.69) is 0 Å². The number of carbonyl (C=O) groups is 1. The van der Waals surface area contributed by atoms with Crippen LogP contribution in [0.15, 0.2) is 0 Å². The van der Waals surface area contributed by atoms with Gasteiger partial charge in [-0.3, -0.25) is 4.79 Å². The fraction of sp³-hybridized carbons (Fsp3) is 0.833. The highest BCUT2D eigenvalue weighted by molar-refractivity contribution is 5.85. The highest BCUT2D eigenvalue weighted by Crippen LogP contribution is 2.24. The van der Waals surface area contributed by atoms with Crippen molar-refractivity contribution in [3.8, 4) is 0 Å². The van der Waals surface area contributed by atoms with Crippen LogP contribution in [-0.4, -0.2) is 11.6 Å². The number of hydrogen-bond donors (Lipinski definition) is 0. The molecule has 9 heavy (non-hydrogen) atoms. The van der Waals surface area contributed by atoms with Crippen molar-refractivity contribution in [2.24, 2.45) is 0 Å². The van der Waals surface area contributed by atoms with Gasteiger partial charge in [0.05, 0.1) is 0 Å². The van der Waals surface area contributed by atoms with E-state index in [0.29, 0.717) is 6.42 Å². The van der Waals surface area contributed by atoms with E-state index >= 15 is 0 Å². The Hall–Kier alpha value is -0.240. The van der Waals surface area contributed by atoms with Gasteiger partial charge < -0.3 is 4.74 Å². The van der Waals surface area contributed by atoms with Gasteiger partial charge in [-0.2, -0.15) is 0 Å². The van der Waals surface area contributed by atoms with Gasteiger partial charge in [0, 0.05) is 6.42 Å². The zero-order valence-electron chi connectivity index (χ0n) is 5.64. The Morgan fingerprint density at radius 3 is 2.22 bits per heavy atom. The number of carbonyl (C=O) groups excluding carboxylic acids is 1. The van der Waals surface area contributed by atoms with Gasteiger partial charge in [0.15, 0.2) is 0 Å². The molecule has 2 nitrogen and oxygen atoms in total. The molecule has 0 saturated carbocycles. The molecule has 1 rings (SSSR count). The van der Waals surface area contributed by atoms with Gasteiger partial charge in [-0.25, -0.2) is 0 Å². The third kappa shape index (κ3) is 2.22. The second-order valence-electron chi connectivity index (χ2n) is 2.73. The van der Waals surface area contributed by atoms with Crippen LogP contribution in [0.3, 0.4) is 0 Å². The zero-order valence-corrected chi connectivity index (χ0v) is 6.46. The molecule has 0 aliphatic carbocycles. The van der Waals surface area contributed by atoms with Crippen molar-refractivity contribution >= 4 is 18.4 Å². The van der Waals surface area contributed by atoms with Crippen LogP contribution in [-0.2, 0) is 9.53 Å². The molecule has 0 radical (unpaired) electrons. The Morgan fingerprint density at radius 1 is 1.56 bits per heavy atom. The van der Waals surface area contributed by atoms with Crippen LogP contribution in [0.2, 0.25) is 0 Å². The first kappa shape index (κ1) is 8.76. The van der Waals surface area contributed by atoms with Crippen molar-refractivity contribution in [1.82, 2.24) is 0 Å². The summed E-state index contributed by atoms with van der Waals surface area (Å²) in [5.41, 5.74) is -0.183. The molecule has 54 valence electrons. The number of halogens is 1. The SMILES string of the molecule is CC1(C)CCC(=O)O1.Cl. The molecular formula is C6H11ClO2. The lowest BCUT2D eigenvalue weighted by molar-refractivity contribution is -0.145. The van der Waals surface area contributed by atoms with Crippen LogP contribution in [0.1, 0.15) is 26.7 Å². The highest BCUT2D eigenvalue weighted by atomic mass is 35.5. The average Bonchev–Trinajstić information content (AvgIpc) is 1.82. The quantitative estimate of drug-likeness (QED) is 0.490. The van der Waals surface area contributed by atoms with Crippen LogP contribution in [0.25, 0.3) is 0 Å². The van der Waals surface area contributed by atoms with Gasteiger partial charge in [0.1, 0.15) is 5.60 Å². The van der Waals surface area contributed by atoms with Crippen molar-refractivity contribution in [3.05, 3.63) is 0 Å². The molecule has 3 heteroatoms. The largest absolute Gasteiger partial charge is 0.460 e. The summed E-state index contributed by atoms with van der Waals surface area (Å²) in [5, 5.41) is 0. The normalized spacial score (nSPS) is 22.7. The second-order valence-corrected chi connectivity index (χ2v) is 2.73. The summed E-state index contributed by atoms with van der Waals surface area (Å²) in [6, 6.07) is 0. The maximum atomic E-state index is 10.4. The third-order valence-corrected chi connectivity index (χ3v) is 1.32. The van der Waals surface area contributed by atoms with E-state index in [0.717, 1.165) is 6.42 Å². The minimum Gasteiger partial charge on any atom is -0.460 e. The van der Waals surface area contributed by atoms with Crippen LogP contribution in [0.5, 0.6) is 0 Å². The van der Waals surface area contributed by atoms with E-state index in [1.54, 1.807) is 0 Å². The van der Waals surface area contributed by atoms with Gasteiger partial charge in [-0.15, -0.1) is 12.4 Å². The van der Waals surface area contributed by atoms with Crippen LogP contribution >= 0.6 is 12.4 Å². The Morgan fingerprint density at radius 2 is 2.11 bits per heavy atom. The molecule has 0 atom stereocenters. The van der Waals surface area contributed by atoms with E-state index in [1.807, 2.05) is 13.8 Å². The Kier molecular flexibility index (Phi) is 2.50. The monoisotopic (exact) mass is 150 g/mol. The van der Waals surface area contributed by atoms with Crippen LogP contribution in [0.4, 0.5) is 0 Å². The van der Waals surface area contributed by atoms with Gasteiger partial charge in [0.25, 0.3) is 0 Å². The minimum absolute atomic E-state index is 0. The van der Waals surface area contributed by atoms with Crippen molar-refractivity contribution in [2.75, 3.05) is 0 Å². The minimum atomic E-state index is -0.183. The first-order chi connectivity index (χ1) is 3.60. The smallest absolute Gasteiger partial charge is 0.306 e. The van der Waals surface area contributed by atoms with E-state index in [-0.39, 0.29) is 24.0 Å². The molecule has 1 heterocycles. The molecule has 0 bridgehead atoms. The number of cyclic esters (lactones) is 1. The third-order valence-electron chi connectivity index (χ3n) is 1.32. The zero-order chi connectivity index (χ0) is 6.20. The maximum Gasteiger partial charge on any atom is 0.306 e. The summed E-state index contributed by atoms with van der Waals surface area (Å²) >= 11 is 0. The number of ether oxygens (including phenoxy) is 1. The molecule has 0 aromatic carbocycles. The lowest BCUT2D eigenvalue weighted by atomic mass is 10.1. The highest BCUT2D eigenvalue weighted by Gasteiger charge is 2.30. The molecular weight excluding hydrogens is 140 g/mol. The van der Waals surface area contributed by atoms with E-state index in [9.17, 15) is 4.79 Å². The van der Waals surface area contributed by atoms with E-state index < -0.39 is 0 Å². The van der Waals surface area contributed by atoms with Crippen LogP contribution in [0, 0.1) is 0 Å². The standard InChI is InChI=1S/C6H10O2.ClH/c1-6(2)4-3-5(7)8-6;/h3-4H2,1-2H3;1H. The predicted octanol–water partition coefficient (Wildman–Crippen LogP) is 1.52. The van der Waals surface area contributed by atoms with Gasteiger partial charge in [-0.1, -0.05) is 0 Å². The van der Waals surface area contributed by atoms with Gasteiger partial charge >= 0.3 is 5.97 Å². The Bertz CT molecular complexity index is 120. The number of esters is 1. The fourth-order valence-electron chi connectivity index (χ4n) is 0.813. The lowest BCUT2D eigenvalue weighted by Gasteiger charge is -2.14. The number of hydrogen-bond acceptors (Lipinski definition) is 2. The van der Waals surface area contributed by atoms with Gasteiger partial charge in [-0.05, 0) is 20.3 Å². The Labute approximate surface area is 61.0 Å². The lowest BCUT2D eigenvalue weighted by Crippen LogP contribution is -2.17. The fourth-order valence-corrected chi connectivity index (χ4v) is 0.813. The molecule has 0 unspecified atom stereocenters. The molecule has 0 aromatic rings. The van der Waals surface area contributed by atoms with Crippen molar-refractivity contribution in [3.63, 3.8) is 0 Å². The maximum absolute atomic E-state index is 10.4. The van der Waals surface area contributed by atoms with Crippen molar-refractivity contribution in [2.45, 2.75) is 32.3 Å². The van der Waals surface area contributed by atoms with Crippen LogP contribution < -0.4 is 0 Å². The van der Waals surface area contributed by atoms with Crippen molar-refractivity contribution in [1.29, 1.82) is 0 Å². The van der Waals surface area contributed by atoms with Crippen molar-refractivity contribution < 1.29 is 9.53 Å². The Balaban J connectivity index is 0.000000640. The number of rotatable bonds is 0. The summed E-state index contributed by atoms with van der Waals surface area (Å²) in [6.45, 7) is 3.86. The molecule has 0 aromatic heterocycles. The second kappa shape index (κ2) is 2.56. The predicted molar refractivity (Wildman–Crippen MR) is 36.7 cm³/mol. The summed E-state index contributed by atoms with van der Waals surface area (Å²) in [6.07, 6.45) is 1.46. The topological polar surface area (TPSA) is 26.3 Å². The van der Waals surface area contributed by atoms with E-state index in [4.69, 9.17) is 4.74 Å². The first-order valence-electron chi connectivity index (χ1n) is 2.82. The molecule has 0 N–H and O–H groups in total. The summed E-state index contributed by atoms with van der Waals surface area (Å²) < 4.78 is 4.91. The van der Waals surface area contributed by atoms with E-state index in [1.165, 1.54) is 0 Å². The van der Waals surface area contributed by atoms with Gasteiger partial charge in [0.2, 0.25) is 0 Å².